The lowest BCUT2D eigenvalue weighted by molar-refractivity contribution is -0.0808. The van der Waals surface area contributed by atoms with Gasteiger partial charge >= 0.3 is 0 Å². The molecule has 1 rings (SSSR count). The Balaban J connectivity index is 2.15. The van der Waals surface area contributed by atoms with Crippen molar-refractivity contribution >= 4 is 0 Å². The molecular formula is C18H30O2. The van der Waals surface area contributed by atoms with Crippen molar-refractivity contribution in [3.05, 3.63) is 30.3 Å². The highest BCUT2D eigenvalue weighted by Gasteiger charge is 2.09. The highest BCUT2D eigenvalue weighted by Crippen LogP contribution is 2.16. The van der Waals surface area contributed by atoms with Crippen molar-refractivity contribution in [1.29, 1.82) is 0 Å². The Bertz CT molecular complexity index is 310. The van der Waals surface area contributed by atoms with Gasteiger partial charge < -0.3 is 9.47 Å². The van der Waals surface area contributed by atoms with Crippen molar-refractivity contribution in [2.24, 2.45) is 0 Å². The average molecular weight is 278 g/mol. The second kappa shape index (κ2) is 11.8. The van der Waals surface area contributed by atoms with Crippen molar-refractivity contribution in [1.82, 2.24) is 0 Å². The summed E-state index contributed by atoms with van der Waals surface area (Å²) in [6, 6.07) is 9.95. The Labute approximate surface area is 124 Å². The topological polar surface area (TPSA) is 18.5 Å². The lowest BCUT2D eigenvalue weighted by Gasteiger charge is -2.18. The average Bonchev–Trinajstić information content (AvgIpc) is 2.47. The van der Waals surface area contributed by atoms with E-state index in [9.17, 15) is 0 Å². The molecule has 1 unspecified atom stereocenters. The minimum absolute atomic E-state index is 0.0990. The summed E-state index contributed by atoms with van der Waals surface area (Å²) in [6.45, 7) is 4.98. The zero-order chi connectivity index (χ0) is 14.5. The molecule has 0 heterocycles. The first kappa shape index (κ1) is 17.0. The highest BCUT2D eigenvalue weighted by atomic mass is 16.7. The molecule has 0 radical (unpaired) electrons. The van der Waals surface area contributed by atoms with Crippen LogP contribution in [0.25, 0.3) is 0 Å². The van der Waals surface area contributed by atoms with Gasteiger partial charge in [0, 0.05) is 13.0 Å². The Kier molecular flexibility index (Phi) is 10.0. The Morgan fingerprint density at radius 1 is 0.850 bits per heavy atom. The van der Waals surface area contributed by atoms with E-state index in [4.69, 9.17) is 9.47 Å². The van der Waals surface area contributed by atoms with E-state index in [-0.39, 0.29) is 6.29 Å². The van der Waals surface area contributed by atoms with Gasteiger partial charge in [-0.05, 0) is 25.5 Å². The van der Waals surface area contributed by atoms with Gasteiger partial charge in [0.2, 0.25) is 0 Å². The van der Waals surface area contributed by atoms with Crippen LogP contribution in [0.4, 0.5) is 0 Å². The molecule has 0 aliphatic heterocycles. The maximum Gasteiger partial charge on any atom is 0.199 e. The maximum atomic E-state index is 5.88. The fourth-order valence-electron chi connectivity index (χ4n) is 2.28. The number of rotatable bonds is 12. The molecule has 1 atom stereocenters. The monoisotopic (exact) mass is 278 g/mol. The van der Waals surface area contributed by atoms with Crippen LogP contribution < -0.4 is 4.74 Å². The third kappa shape index (κ3) is 8.21. The molecule has 0 fully saturated rings. The molecule has 0 saturated carbocycles. The minimum Gasteiger partial charge on any atom is -0.465 e. The first-order valence-corrected chi connectivity index (χ1v) is 8.20. The van der Waals surface area contributed by atoms with Crippen LogP contribution in [0.1, 0.15) is 65.2 Å². The number of ether oxygens (including phenoxy) is 2. The van der Waals surface area contributed by atoms with Gasteiger partial charge in [-0.2, -0.15) is 0 Å². The van der Waals surface area contributed by atoms with Crippen molar-refractivity contribution < 1.29 is 9.47 Å². The van der Waals surface area contributed by atoms with Gasteiger partial charge in [0.15, 0.2) is 6.29 Å². The van der Waals surface area contributed by atoms with Crippen molar-refractivity contribution in [3.63, 3.8) is 0 Å². The Morgan fingerprint density at radius 2 is 1.50 bits per heavy atom. The van der Waals surface area contributed by atoms with Crippen LogP contribution >= 0.6 is 0 Å². The van der Waals surface area contributed by atoms with Gasteiger partial charge in [0.05, 0.1) is 0 Å². The predicted octanol–water partition coefficient (Wildman–Crippen LogP) is 5.57. The third-order valence-electron chi connectivity index (χ3n) is 3.41. The molecule has 0 spiro atoms. The molecule has 0 saturated heterocycles. The van der Waals surface area contributed by atoms with E-state index >= 15 is 0 Å². The first-order chi connectivity index (χ1) is 9.86. The molecule has 0 amide bonds. The molecular weight excluding hydrogens is 248 g/mol. The van der Waals surface area contributed by atoms with Crippen LogP contribution in [0, 0.1) is 0 Å². The molecule has 0 aliphatic carbocycles. The predicted molar refractivity (Wildman–Crippen MR) is 85.1 cm³/mol. The standard InChI is InChI=1S/C18H30O2/c1-3-5-6-7-8-9-13-16-18(19-4-2)20-17-14-11-10-12-15-17/h10-12,14-15,18H,3-9,13,16H2,1-2H3. The van der Waals surface area contributed by atoms with Gasteiger partial charge in [0.25, 0.3) is 0 Å². The zero-order valence-corrected chi connectivity index (χ0v) is 13.1. The van der Waals surface area contributed by atoms with E-state index in [1.165, 1.54) is 44.9 Å². The molecule has 1 aromatic rings. The summed E-state index contributed by atoms with van der Waals surface area (Å²) in [4.78, 5) is 0. The SMILES string of the molecule is CCCCCCCCCC(OCC)Oc1ccccc1. The van der Waals surface area contributed by atoms with E-state index in [0.717, 1.165) is 12.2 Å². The van der Waals surface area contributed by atoms with Gasteiger partial charge in [-0.15, -0.1) is 0 Å². The second-order valence-corrected chi connectivity index (χ2v) is 5.23. The molecule has 0 N–H and O–H groups in total. The number of hydrogen-bond acceptors (Lipinski definition) is 2. The Morgan fingerprint density at radius 3 is 2.15 bits per heavy atom. The lowest BCUT2D eigenvalue weighted by Crippen LogP contribution is -2.20. The number of benzene rings is 1. The largest absolute Gasteiger partial charge is 0.465 e. The van der Waals surface area contributed by atoms with Crippen LogP contribution in [-0.4, -0.2) is 12.9 Å². The normalized spacial score (nSPS) is 12.3. The summed E-state index contributed by atoms with van der Waals surface area (Å²) in [5, 5.41) is 0. The van der Waals surface area contributed by atoms with E-state index in [0.29, 0.717) is 6.61 Å². The lowest BCUT2D eigenvalue weighted by atomic mass is 10.1. The smallest absolute Gasteiger partial charge is 0.199 e. The number of para-hydroxylation sites is 1. The number of unbranched alkanes of at least 4 members (excludes halogenated alkanes) is 6. The van der Waals surface area contributed by atoms with Crippen molar-refractivity contribution in [2.45, 2.75) is 71.5 Å². The molecule has 2 nitrogen and oxygen atoms in total. The van der Waals surface area contributed by atoms with Gasteiger partial charge in [-0.1, -0.05) is 63.6 Å². The fourth-order valence-corrected chi connectivity index (χ4v) is 2.28. The van der Waals surface area contributed by atoms with Gasteiger partial charge in [-0.3, -0.25) is 0 Å². The van der Waals surface area contributed by atoms with Gasteiger partial charge in [-0.25, -0.2) is 0 Å². The van der Waals surface area contributed by atoms with Crippen LogP contribution in [0.2, 0.25) is 0 Å². The fraction of sp³-hybridized carbons (Fsp3) is 0.667. The molecule has 1 aromatic carbocycles. The van der Waals surface area contributed by atoms with Crippen molar-refractivity contribution in [2.75, 3.05) is 6.61 Å². The third-order valence-corrected chi connectivity index (χ3v) is 3.41. The molecule has 0 aliphatic rings. The highest BCUT2D eigenvalue weighted by molar-refractivity contribution is 5.20. The maximum absolute atomic E-state index is 5.88. The summed E-state index contributed by atoms with van der Waals surface area (Å²) in [7, 11) is 0. The van der Waals surface area contributed by atoms with Crippen LogP contribution in [0.15, 0.2) is 30.3 Å². The van der Waals surface area contributed by atoms with Crippen LogP contribution in [0.5, 0.6) is 5.75 Å². The molecule has 2 heteroatoms. The summed E-state index contributed by atoms with van der Waals surface area (Å²) >= 11 is 0. The summed E-state index contributed by atoms with van der Waals surface area (Å²) in [5.74, 6) is 0.897. The van der Waals surface area contributed by atoms with E-state index in [1.54, 1.807) is 0 Å². The summed E-state index contributed by atoms with van der Waals surface area (Å²) < 4.78 is 11.5. The molecule has 114 valence electrons. The van der Waals surface area contributed by atoms with E-state index in [2.05, 4.69) is 6.92 Å². The van der Waals surface area contributed by atoms with Crippen LogP contribution in [-0.2, 0) is 4.74 Å². The summed E-state index contributed by atoms with van der Waals surface area (Å²) in [5.41, 5.74) is 0. The summed E-state index contributed by atoms with van der Waals surface area (Å²) in [6.07, 6.45) is 10.1. The minimum atomic E-state index is -0.0990. The molecule has 20 heavy (non-hydrogen) atoms. The zero-order valence-electron chi connectivity index (χ0n) is 13.1. The van der Waals surface area contributed by atoms with Crippen molar-refractivity contribution in [3.8, 4) is 5.75 Å². The second-order valence-electron chi connectivity index (χ2n) is 5.23. The van der Waals surface area contributed by atoms with E-state index < -0.39 is 0 Å². The molecule has 0 aromatic heterocycles. The number of hydrogen-bond donors (Lipinski definition) is 0. The van der Waals surface area contributed by atoms with Gasteiger partial charge in [0.1, 0.15) is 5.75 Å². The Hall–Kier alpha value is -1.02. The molecule has 0 bridgehead atoms. The van der Waals surface area contributed by atoms with Crippen LogP contribution in [0.3, 0.4) is 0 Å². The first-order valence-electron chi connectivity index (χ1n) is 8.20. The van der Waals surface area contributed by atoms with E-state index in [1.807, 2.05) is 37.3 Å². The quantitative estimate of drug-likeness (QED) is 0.367.